The molecule has 6 nitrogen and oxygen atoms in total. The van der Waals surface area contributed by atoms with Crippen LogP contribution in [0.25, 0.3) is 0 Å². The number of nitrogen functional groups attached to an aromatic ring is 1. The van der Waals surface area contributed by atoms with Gasteiger partial charge in [0.25, 0.3) is 0 Å². The summed E-state index contributed by atoms with van der Waals surface area (Å²) < 4.78 is 25.5. The molecule has 1 aliphatic heterocycles. The van der Waals surface area contributed by atoms with Crippen molar-refractivity contribution in [3.63, 3.8) is 0 Å². The SMILES string of the molecule is CN1CCCC1CNc1cc(S(=O)(=O)N(C)C)ccc1N. The van der Waals surface area contributed by atoms with Crippen molar-refractivity contribution >= 4 is 21.4 Å². The number of likely N-dealkylation sites (tertiary alicyclic amines) is 1. The molecule has 0 radical (unpaired) electrons. The van der Waals surface area contributed by atoms with Crippen LogP contribution in [-0.2, 0) is 10.0 Å². The highest BCUT2D eigenvalue weighted by Gasteiger charge is 2.22. The molecule has 0 aromatic heterocycles. The molecule has 0 aliphatic carbocycles. The maximum Gasteiger partial charge on any atom is 0.242 e. The maximum absolute atomic E-state index is 12.2. The van der Waals surface area contributed by atoms with Crippen LogP contribution in [-0.4, -0.2) is 57.9 Å². The van der Waals surface area contributed by atoms with E-state index in [1.54, 1.807) is 12.1 Å². The van der Waals surface area contributed by atoms with Crippen LogP contribution in [0.2, 0.25) is 0 Å². The molecule has 0 amide bonds. The summed E-state index contributed by atoms with van der Waals surface area (Å²) in [5, 5.41) is 3.29. The van der Waals surface area contributed by atoms with E-state index in [1.807, 2.05) is 0 Å². The van der Waals surface area contributed by atoms with Gasteiger partial charge in [-0.3, -0.25) is 0 Å². The molecule has 1 atom stereocenters. The topological polar surface area (TPSA) is 78.7 Å². The number of hydrogen-bond donors (Lipinski definition) is 2. The predicted molar refractivity (Wildman–Crippen MR) is 85.9 cm³/mol. The third kappa shape index (κ3) is 3.48. The first-order valence-corrected chi connectivity index (χ1v) is 8.52. The Bertz CT molecular complexity index is 601. The average molecular weight is 312 g/mol. The molecule has 21 heavy (non-hydrogen) atoms. The monoisotopic (exact) mass is 312 g/mol. The van der Waals surface area contributed by atoms with Crippen molar-refractivity contribution in [1.82, 2.24) is 9.21 Å². The minimum Gasteiger partial charge on any atom is -0.397 e. The molecule has 3 N–H and O–H groups in total. The minimum atomic E-state index is -3.44. The number of nitrogens with zero attached hydrogens (tertiary/aromatic N) is 2. The summed E-state index contributed by atoms with van der Waals surface area (Å²) in [6, 6.07) is 5.26. The smallest absolute Gasteiger partial charge is 0.242 e. The lowest BCUT2D eigenvalue weighted by atomic mass is 10.2. The number of likely N-dealkylation sites (N-methyl/N-ethyl adjacent to an activating group) is 1. The van der Waals surface area contributed by atoms with Gasteiger partial charge in [0, 0.05) is 26.7 Å². The number of rotatable bonds is 5. The Morgan fingerprint density at radius 2 is 2.14 bits per heavy atom. The molecule has 1 saturated heterocycles. The first-order valence-electron chi connectivity index (χ1n) is 7.08. The number of nitrogens with two attached hydrogens (primary N) is 1. The minimum absolute atomic E-state index is 0.254. The fraction of sp³-hybridized carbons (Fsp3) is 0.571. The molecule has 0 saturated carbocycles. The Labute approximate surface area is 127 Å². The van der Waals surface area contributed by atoms with Crippen molar-refractivity contribution in [3.8, 4) is 0 Å². The standard InChI is InChI=1S/C14H24N4O2S/c1-17(2)21(19,20)12-6-7-13(15)14(9-12)16-10-11-5-4-8-18(11)3/h6-7,9,11,16H,4-5,8,10,15H2,1-3H3. The van der Waals surface area contributed by atoms with Gasteiger partial charge in [-0.25, -0.2) is 12.7 Å². The predicted octanol–water partition coefficient (Wildman–Crippen LogP) is 1.03. The Balaban J connectivity index is 2.16. The number of sulfonamides is 1. The molecular formula is C14H24N4O2S. The third-order valence-electron chi connectivity index (χ3n) is 4.00. The largest absolute Gasteiger partial charge is 0.397 e. The molecule has 1 heterocycles. The second kappa shape index (κ2) is 6.21. The molecule has 0 bridgehead atoms. The van der Waals surface area contributed by atoms with Crippen molar-refractivity contribution in [1.29, 1.82) is 0 Å². The van der Waals surface area contributed by atoms with Crippen LogP contribution in [0.3, 0.4) is 0 Å². The lowest BCUT2D eigenvalue weighted by Crippen LogP contribution is -2.31. The summed E-state index contributed by atoms with van der Waals surface area (Å²) in [5.74, 6) is 0. The van der Waals surface area contributed by atoms with E-state index in [0.717, 1.165) is 19.5 Å². The fourth-order valence-corrected chi connectivity index (χ4v) is 3.45. The lowest BCUT2D eigenvalue weighted by molar-refractivity contribution is 0.322. The first-order chi connectivity index (χ1) is 9.82. The maximum atomic E-state index is 12.2. The van der Waals surface area contributed by atoms with Gasteiger partial charge in [0.15, 0.2) is 0 Å². The molecule has 1 aromatic carbocycles. The number of anilines is 2. The van der Waals surface area contributed by atoms with Crippen LogP contribution < -0.4 is 11.1 Å². The molecular weight excluding hydrogens is 288 g/mol. The fourth-order valence-electron chi connectivity index (χ4n) is 2.52. The van der Waals surface area contributed by atoms with Crippen LogP contribution in [0.4, 0.5) is 11.4 Å². The molecule has 0 spiro atoms. The first kappa shape index (κ1) is 16.1. The number of hydrogen-bond acceptors (Lipinski definition) is 5. The van der Waals surface area contributed by atoms with E-state index in [0.29, 0.717) is 17.4 Å². The van der Waals surface area contributed by atoms with Gasteiger partial charge in [0.1, 0.15) is 0 Å². The molecule has 1 aromatic rings. The highest BCUT2D eigenvalue weighted by atomic mass is 32.2. The van der Waals surface area contributed by atoms with Crippen molar-refractivity contribution < 1.29 is 8.42 Å². The Kier molecular flexibility index (Phi) is 4.75. The summed E-state index contributed by atoms with van der Waals surface area (Å²) in [4.78, 5) is 2.56. The number of nitrogens with one attached hydrogen (secondary N) is 1. The Hall–Kier alpha value is -1.31. The van der Waals surface area contributed by atoms with Crippen LogP contribution in [0.15, 0.2) is 23.1 Å². The quantitative estimate of drug-likeness (QED) is 0.794. The molecule has 7 heteroatoms. The van der Waals surface area contributed by atoms with E-state index in [4.69, 9.17) is 5.73 Å². The summed E-state index contributed by atoms with van der Waals surface area (Å²) in [6.45, 7) is 1.88. The van der Waals surface area contributed by atoms with Gasteiger partial charge < -0.3 is 16.0 Å². The van der Waals surface area contributed by atoms with Crippen LogP contribution in [0.1, 0.15) is 12.8 Å². The van der Waals surface area contributed by atoms with Crippen LogP contribution in [0, 0.1) is 0 Å². The number of benzene rings is 1. The summed E-state index contributed by atoms with van der Waals surface area (Å²) in [5.41, 5.74) is 7.19. The van der Waals surface area contributed by atoms with Crippen LogP contribution >= 0.6 is 0 Å². The van der Waals surface area contributed by atoms with E-state index < -0.39 is 10.0 Å². The Morgan fingerprint density at radius 1 is 1.43 bits per heavy atom. The van der Waals surface area contributed by atoms with Gasteiger partial charge in [-0.15, -0.1) is 0 Å². The van der Waals surface area contributed by atoms with E-state index in [9.17, 15) is 8.42 Å². The zero-order chi connectivity index (χ0) is 15.6. The lowest BCUT2D eigenvalue weighted by Gasteiger charge is -2.21. The van der Waals surface area contributed by atoms with E-state index in [2.05, 4.69) is 17.3 Å². The van der Waals surface area contributed by atoms with Crippen molar-refractivity contribution in [3.05, 3.63) is 18.2 Å². The normalized spacial score (nSPS) is 20.1. The van der Waals surface area contributed by atoms with Gasteiger partial charge in [0.05, 0.1) is 16.3 Å². The van der Waals surface area contributed by atoms with Gasteiger partial charge in [-0.2, -0.15) is 0 Å². The highest BCUT2D eigenvalue weighted by Crippen LogP contribution is 2.25. The zero-order valence-corrected chi connectivity index (χ0v) is 13.7. The van der Waals surface area contributed by atoms with Gasteiger partial charge in [-0.05, 0) is 44.6 Å². The van der Waals surface area contributed by atoms with Crippen molar-refractivity contribution in [2.45, 2.75) is 23.8 Å². The van der Waals surface area contributed by atoms with E-state index in [-0.39, 0.29) is 4.90 Å². The molecule has 1 fully saturated rings. The second-order valence-corrected chi connectivity index (χ2v) is 7.85. The molecule has 1 unspecified atom stereocenters. The van der Waals surface area contributed by atoms with Gasteiger partial charge in [-0.1, -0.05) is 0 Å². The molecule has 118 valence electrons. The Morgan fingerprint density at radius 3 is 2.71 bits per heavy atom. The molecule has 2 rings (SSSR count). The van der Waals surface area contributed by atoms with Gasteiger partial charge in [0.2, 0.25) is 10.0 Å². The summed E-state index contributed by atoms with van der Waals surface area (Å²) in [7, 11) is 1.71. The second-order valence-electron chi connectivity index (χ2n) is 5.69. The third-order valence-corrected chi connectivity index (χ3v) is 5.81. The highest BCUT2D eigenvalue weighted by molar-refractivity contribution is 7.89. The van der Waals surface area contributed by atoms with Gasteiger partial charge >= 0.3 is 0 Å². The summed E-state index contributed by atoms with van der Waals surface area (Å²) >= 11 is 0. The van der Waals surface area contributed by atoms with E-state index >= 15 is 0 Å². The zero-order valence-electron chi connectivity index (χ0n) is 12.8. The van der Waals surface area contributed by atoms with Crippen LogP contribution in [0.5, 0.6) is 0 Å². The molecule has 1 aliphatic rings. The summed E-state index contributed by atoms with van der Waals surface area (Å²) in [6.07, 6.45) is 2.35. The van der Waals surface area contributed by atoms with Crippen molar-refractivity contribution in [2.75, 3.05) is 45.3 Å². The van der Waals surface area contributed by atoms with E-state index in [1.165, 1.54) is 30.9 Å². The van der Waals surface area contributed by atoms with Crippen molar-refractivity contribution in [2.24, 2.45) is 0 Å². The average Bonchev–Trinajstić information content (AvgIpc) is 2.83.